The Hall–Kier alpha value is -0.330. The van der Waals surface area contributed by atoms with E-state index in [4.69, 9.17) is 10.7 Å². The molecular weight excluding hydrogens is 232 g/mol. The van der Waals surface area contributed by atoms with Crippen LogP contribution in [0.5, 0.6) is 0 Å². The first-order valence-corrected chi connectivity index (χ1v) is 6.85. The molecule has 13 heavy (non-hydrogen) atoms. The van der Waals surface area contributed by atoms with E-state index in [2.05, 4.69) is 9.97 Å². The molecule has 0 aromatic carbocycles. The van der Waals surface area contributed by atoms with Crippen molar-refractivity contribution in [3.05, 3.63) is 18.6 Å². The quantitative estimate of drug-likeness (QED) is 0.582. The highest BCUT2D eigenvalue weighted by atomic mass is 35.7. The van der Waals surface area contributed by atoms with Crippen LogP contribution in [0.4, 0.5) is 0 Å². The molecular formula is C6H7ClN2O2S2. The van der Waals surface area contributed by atoms with Crippen LogP contribution >= 0.6 is 22.4 Å². The van der Waals surface area contributed by atoms with E-state index in [1.165, 1.54) is 11.8 Å². The van der Waals surface area contributed by atoms with Crippen LogP contribution in [0.25, 0.3) is 0 Å². The Labute approximate surface area is 85.2 Å². The second kappa shape index (κ2) is 4.78. The molecule has 0 bridgehead atoms. The molecule has 0 atom stereocenters. The maximum atomic E-state index is 10.5. The minimum Gasteiger partial charge on any atom is -0.260 e. The molecule has 1 rings (SSSR count). The number of hydrogen-bond donors (Lipinski definition) is 0. The third-order valence-corrected chi connectivity index (χ3v) is 3.44. The Morgan fingerprint density at radius 3 is 2.77 bits per heavy atom. The number of thioether (sulfide) groups is 1. The van der Waals surface area contributed by atoms with Gasteiger partial charge in [-0.15, -0.1) is 11.8 Å². The van der Waals surface area contributed by atoms with Gasteiger partial charge in [-0.25, -0.2) is 13.4 Å². The largest absolute Gasteiger partial charge is 0.260 e. The SMILES string of the molecule is O=S(=O)(Cl)CCSc1cnccn1. The lowest BCUT2D eigenvalue weighted by molar-refractivity contribution is 0.611. The highest BCUT2D eigenvalue weighted by Gasteiger charge is 2.05. The van der Waals surface area contributed by atoms with Crippen LogP contribution in [0.2, 0.25) is 0 Å². The first kappa shape index (κ1) is 10.7. The van der Waals surface area contributed by atoms with E-state index < -0.39 is 9.05 Å². The molecule has 7 heteroatoms. The van der Waals surface area contributed by atoms with Crippen LogP contribution in [0.3, 0.4) is 0 Å². The summed E-state index contributed by atoms with van der Waals surface area (Å²) in [6.45, 7) is 0. The van der Waals surface area contributed by atoms with Gasteiger partial charge in [-0.2, -0.15) is 0 Å². The third kappa shape index (κ3) is 5.07. The molecule has 1 aromatic rings. The van der Waals surface area contributed by atoms with Crippen molar-refractivity contribution in [3.63, 3.8) is 0 Å². The number of aromatic nitrogens is 2. The molecule has 72 valence electrons. The standard InChI is InChI=1S/C6H7ClN2O2S2/c7-13(10,11)4-3-12-6-5-8-1-2-9-6/h1-2,5H,3-4H2. The second-order valence-electron chi connectivity index (χ2n) is 2.14. The monoisotopic (exact) mass is 238 g/mol. The van der Waals surface area contributed by atoms with Crippen molar-refractivity contribution in [1.29, 1.82) is 0 Å². The number of nitrogens with zero attached hydrogens (tertiary/aromatic N) is 2. The van der Waals surface area contributed by atoms with Gasteiger partial charge in [-0.1, -0.05) is 0 Å². The fourth-order valence-electron chi connectivity index (χ4n) is 0.606. The minimum absolute atomic E-state index is 0.0597. The molecule has 1 heterocycles. The van der Waals surface area contributed by atoms with Crippen molar-refractivity contribution < 1.29 is 8.42 Å². The summed E-state index contributed by atoms with van der Waals surface area (Å²) in [6, 6.07) is 0. The normalized spacial score (nSPS) is 11.5. The van der Waals surface area contributed by atoms with Crippen LogP contribution in [0, 0.1) is 0 Å². The molecule has 0 aliphatic rings. The van der Waals surface area contributed by atoms with Crippen molar-refractivity contribution in [2.45, 2.75) is 5.03 Å². The van der Waals surface area contributed by atoms with E-state index in [0.717, 1.165) is 0 Å². The molecule has 0 unspecified atom stereocenters. The average molecular weight is 239 g/mol. The molecule has 0 N–H and O–H groups in total. The first-order valence-electron chi connectivity index (χ1n) is 3.39. The van der Waals surface area contributed by atoms with Gasteiger partial charge in [-0.05, 0) is 0 Å². The fraction of sp³-hybridized carbons (Fsp3) is 0.333. The summed E-state index contributed by atoms with van der Waals surface area (Å²) >= 11 is 1.31. The molecule has 0 radical (unpaired) electrons. The summed E-state index contributed by atoms with van der Waals surface area (Å²) in [6.07, 6.45) is 4.69. The molecule has 4 nitrogen and oxygen atoms in total. The van der Waals surface area contributed by atoms with Crippen molar-refractivity contribution in [2.24, 2.45) is 0 Å². The van der Waals surface area contributed by atoms with Gasteiger partial charge in [-0.3, -0.25) is 4.98 Å². The number of hydrogen-bond acceptors (Lipinski definition) is 5. The van der Waals surface area contributed by atoms with Crippen molar-refractivity contribution in [3.8, 4) is 0 Å². The molecule has 1 aromatic heterocycles. The highest BCUT2D eigenvalue weighted by molar-refractivity contribution is 8.14. The van der Waals surface area contributed by atoms with E-state index in [0.29, 0.717) is 10.8 Å². The van der Waals surface area contributed by atoms with Crippen LogP contribution in [-0.2, 0) is 9.05 Å². The van der Waals surface area contributed by atoms with Crippen LogP contribution in [0.15, 0.2) is 23.6 Å². The molecule has 0 fully saturated rings. The summed E-state index contributed by atoms with van der Waals surface area (Å²) in [5, 5.41) is 0.697. The summed E-state index contributed by atoms with van der Waals surface area (Å²) in [7, 11) is 1.63. The van der Waals surface area contributed by atoms with E-state index in [9.17, 15) is 8.42 Å². The maximum absolute atomic E-state index is 10.5. The zero-order valence-corrected chi connectivity index (χ0v) is 8.94. The Balaban J connectivity index is 2.37. The van der Waals surface area contributed by atoms with Gasteiger partial charge in [0, 0.05) is 28.8 Å². The van der Waals surface area contributed by atoms with Gasteiger partial charge in [0.15, 0.2) is 0 Å². The predicted molar refractivity (Wildman–Crippen MR) is 52.4 cm³/mol. The van der Waals surface area contributed by atoms with Gasteiger partial charge in [0.1, 0.15) is 5.03 Å². The highest BCUT2D eigenvalue weighted by Crippen LogP contribution is 2.13. The average Bonchev–Trinajstić information content (AvgIpc) is 2.04. The van der Waals surface area contributed by atoms with Crippen LogP contribution in [0.1, 0.15) is 0 Å². The smallest absolute Gasteiger partial charge is 0.233 e. The Morgan fingerprint density at radius 2 is 2.23 bits per heavy atom. The summed E-state index contributed by atoms with van der Waals surface area (Å²) in [5.74, 6) is 0.334. The Morgan fingerprint density at radius 1 is 1.46 bits per heavy atom. The lowest BCUT2D eigenvalue weighted by atomic mass is 10.8. The van der Waals surface area contributed by atoms with Crippen LogP contribution < -0.4 is 0 Å². The summed E-state index contributed by atoms with van der Waals surface area (Å²) in [5.41, 5.74) is 0. The maximum Gasteiger partial charge on any atom is 0.233 e. The Kier molecular flexibility index (Phi) is 3.95. The predicted octanol–water partition coefficient (Wildman–Crippen LogP) is 1.14. The Bertz CT molecular complexity index is 354. The van der Waals surface area contributed by atoms with E-state index >= 15 is 0 Å². The lowest BCUT2D eigenvalue weighted by Crippen LogP contribution is -1.99. The van der Waals surface area contributed by atoms with Crippen molar-refractivity contribution >= 4 is 31.5 Å². The first-order chi connectivity index (χ1) is 6.08. The van der Waals surface area contributed by atoms with Gasteiger partial charge < -0.3 is 0 Å². The third-order valence-electron chi connectivity index (χ3n) is 1.12. The van der Waals surface area contributed by atoms with Gasteiger partial charge in [0.2, 0.25) is 9.05 Å². The molecule has 0 saturated heterocycles. The zero-order chi connectivity index (χ0) is 9.73. The van der Waals surface area contributed by atoms with Crippen molar-refractivity contribution in [2.75, 3.05) is 11.5 Å². The van der Waals surface area contributed by atoms with Gasteiger partial charge in [0.05, 0.1) is 11.9 Å². The molecule has 0 spiro atoms. The fourth-order valence-corrected chi connectivity index (χ4v) is 2.78. The van der Waals surface area contributed by atoms with E-state index in [1.54, 1.807) is 18.6 Å². The zero-order valence-electron chi connectivity index (χ0n) is 6.55. The summed E-state index contributed by atoms with van der Waals surface area (Å²) < 4.78 is 21.1. The molecule has 0 aliphatic heterocycles. The van der Waals surface area contributed by atoms with E-state index in [-0.39, 0.29) is 5.75 Å². The van der Waals surface area contributed by atoms with Gasteiger partial charge >= 0.3 is 0 Å². The number of rotatable bonds is 4. The minimum atomic E-state index is -3.39. The topological polar surface area (TPSA) is 59.9 Å². The second-order valence-corrected chi connectivity index (χ2v) is 6.15. The summed E-state index contributed by atoms with van der Waals surface area (Å²) in [4.78, 5) is 7.79. The van der Waals surface area contributed by atoms with E-state index in [1.807, 2.05) is 0 Å². The molecule has 0 aliphatic carbocycles. The molecule has 0 saturated carbocycles. The van der Waals surface area contributed by atoms with Crippen LogP contribution in [-0.4, -0.2) is 29.9 Å². The molecule has 0 amide bonds. The van der Waals surface area contributed by atoms with Crippen molar-refractivity contribution in [1.82, 2.24) is 9.97 Å². The number of halogens is 1. The van der Waals surface area contributed by atoms with Gasteiger partial charge in [0.25, 0.3) is 0 Å². The lowest BCUT2D eigenvalue weighted by Gasteiger charge is -1.96.